The van der Waals surface area contributed by atoms with Gasteiger partial charge in [-0.2, -0.15) is 0 Å². The van der Waals surface area contributed by atoms with Crippen LogP contribution in [0.1, 0.15) is 29.7 Å². The summed E-state index contributed by atoms with van der Waals surface area (Å²) in [6.45, 7) is 6.13. The van der Waals surface area contributed by atoms with Crippen molar-refractivity contribution in [3.63, 3.8) is 0 Å². The fourth-order valence-corrected chi connectivity index (χ4v) is 2.39. The van der Waals surface area contributed by atoms with E-state index in [4.69, 9.17) is 0 Å². The average Bonchev–Trinajstić information content (AvgIpc) is 2.57. The molecule has 1 atom stereocenters. The number of benzene rings is 2. The first-order chi connectivity index (χ1) is 11.5. The van der Waals surface area contributed by atoms with Crippen LogP contribution >= 0.6 is 0 Å². The molecule has 0 aliphatic heterocycles. The smallest absolute Gasteiger partial charge is 0.326 e. The Morgan fingerprint density at radius 2 is 1.75 bits per heavy atom. The predicted octanol–water partition coefficient (Wildman–Crippen LogP) is 2.28. The van der Waals surface area contributed by atoms with Gasteiger partial charge in [0.25, 0.3) is 5.91 Å². The Labute approximate surface area is 142 Å². The zero-order chi connectivity index (χ0) is 17.5. The van der Waals surface area contributed by atoms with Crippen molar-refractivity contribution in [1.82, 2.24) is 5.32 Å². The van der Waals surface area contributed by atoms with Gasteiger partial charge in [0, 0.05) is 11.3 Å². The molecule has 2 aromatic carbocycles. The number of nitrogens with two attached hydrogens (primary N) is 1. The number of hydrogen-bond donors (Lipinski definition) is 3. The molecule has 0 fully saturated rings. The van der Waals surface area contributed by atoms with Crippen molar-refractivity contribution in [1.29, 1.82) is 0 Å². The molecular weight excluding hydrogens is 302 g/mol. The summed E-state index contributed by atoms with van der Waals surface area (Å²) < 4.78 is 0. The third-order valence-corrected chi connectivity index (χ3v) is 4.09. The zero-order valence-electron chi connectivity index (χ0n) is 14.3. The molecule has 4 N–H and O–H groups in total. The normalized spacial score (nSPS) is 11.6. The molecule has 0 aliphatic rings. The van der Waals surface area contributed by atoms with Crippen molar-refractivity contribution in [2.24, 2.45) is 0 Å². The van der Waals surface area contributed by atoms with E-state index in [9.17, 15) is 9.59 Å². The van der Waals surface area contributed by atoms with Gasteiger partial charge in [0.2, 0.25) is 0 Å². The lowest BCUT2D eigenvalue weighted by Crippen LogP contribution is -2.87. The molecule has 0 aromatic heterocycles. The summed E-state index contributed by atoms with van der Waals surface area (Å²) in [5.74, 6) is -0.319. The van der Waals surface area contributed by atoms with Gasteiger partial charge < -0.3 is 10.6 Å². The SMILES string of the molecule is Cc1cccc(NC(=O)NC(=O)C[NH2+][C@@H](C)c2ccccc2)c1C. The second-order valence-corrected chi connectivity index (χ2v) is 5.89. The van der Waals surface area contributed by atoms with E-state index in [2.05, 4.69) is 10.6 Å². The highest BCUT2D eigenvalue weighted by molar-refractivity contribution is 6.01. The third kappa shape index (κ3) is 4.93. The Hall–Kier alpha value is -2.66. The highest BCUT2D eigenvalue weighted by Gasteiger charge is 2.14. The molecule has 0 radical (unpaired) electrons. The van der Waals surface area contributed by atoms with Gasteiger partial charge in [0.05, 0.1) is 0 Å². The summed E-state index contributed by atoms with van der Waals surface area (Å²) in [5, 5.41) is 6.98. The fraction of sp³-hybridized carbons (Fsp3) is 0.263. The largest absolute Gasteiger partial charge is 0.333 e. The first-order valence-corrected chi connectivity index (χ1v) is 8.02. The van der Waals surface area contributed by atoms with Gasteiger partial charge in [0.15, 0.2) is 6.54 Å². The maximum atomic E-state index is 11.9. The summed E-state index contributed by atoms with van der Waals surface area (Å²) in [7, 11) is 0. The van der Waals surface area contributed by atoms with Crippen LogP contribution in [0.2, 0.25) is 0 Å². The quantitative estimate of drug-likeness (QED) is 0.788. The lowest BCUT2D eigenvalue weighted by Gasteiger charge is -2.12. The summed E-state index contributed by atoms with van der Waals surface area (Å²) in [6, 6.07) is 15.2. The molecule has 2 rings (SSSR count). The molecule has 2 aromatic rings. The highest BCUT2D eigenvalue weighted by Crippen LogP contribution is 2.17. The van der Waals surface area contributed by atoms with E-state index in [-0.39, 0.29) is 18.5 Å². The van der Waals surface area contributed by atoms with Crippen LogP contribution in [0.3, 0.4) is 0 Å². The van der Waals surface area contributed by atoms with Crippen molar-refractivity contribution < 1.29 is 14.9 Å². The van der Waals surface area contributed by atoms with Crippen LogP contribution in [-0.4, -0.2) is 18.5 Å². The van der Waals surface area contributed by atoms with Crippen LogP contribution in [0.5, 0.6) is 0 Å². The zero-order valence-corrected chi connectivity index (χ0v) is 14.3. The Morgan fingerprint density at radius 1 is 1.04 bits per heavy atom. The van der Waals surface area contributed by atoms with E-state index in [1.54, 1.807) is 0 Å². The Kier molecular flexibility index (Phi) is 6.09. The number of urea groups is 1. The van der Waals surface area contributed by atoms with E-state index < -0.39 is 6.03 Å². The molecule has 5 nitrogen and oxygen atoms in total. The monoisotopic (exact) mass is 326 g/mol. The van der Waals surface area contributed by atoms with Crippen molar-refractivity contribution >= 4 is 17.6 Å². The first kappa shape index (κ1) is 17.7. The molecule has 0 aliphatic carbocycles. The molecule has 0 unspecified atom stereocenters. The average molecular weight is 326 g/mol. The van der Waals surface area contributed by atoms with E-state index >= 15 is 0 Å². The van der Waals surface area contributed by atoms with Gasteiger partial charge in [-0.1, -0.05) is 42.5 Å². The van der Waals surface area contributed by atoms with E-state index in [1.807, 2.05) is 74.6 Å². The van der Waals surface area contributed by atoms with E-state index in [1.165, 1.54) is 0 Å². The number of anilines is 1. The minimum atomic E-state index is -0.505. The number of quaternary nitrogens is 1. The van der Waals surface area contributed by atoms with Crippen LogP contribution in [-0.2, 0) is 4.79 Å². The Balaban J connectivity index is 1.81. The van der Waals surface area contributed by atoms with Crippen molar-refractivity contribution in [2.75, 3.05) is 11.9 Å². The summed E-state index contributed by atoms with van der Waals surface area (Å²) in [4.78, 5) is 23.9. The lowest BCUT2D eigenvalue weighted by molar-refractivity contribution is -0.682. The van der Waals surface area contributed by atoms with Crippen LogP contribution in [0.25, 0.3) is 0 Å². The minimum Gasteiger partial charge on any atom is -0.333 e. The summed E-state index contributed by atoms with van der Waals surface area (Å²) in [6.07, 6.45) is 0. The molecule has 5 heteroatoms. The Bertz CT molecular complexity index is 714. The number of carbonyl (C=O) groups is 2. The molecule has 0 saturated carbocycles. The predicted molar refractivity (Wildman–Crippen MR) is 94.7 cm³/mol. The third-order valence-electron chi connectivity index (χ3n) is 4.09. The topological polar surface area (TPSA) is 74.8 Å². The van der Waals surface area contributed by atoms with Crippen molar-refractivity contribution in [3.8, 4) is 0 Å². The maximum Gasteiger partial charge on any atom is 0.326 e. The standard InChI is InChI=1S/C19H23N3O2/c1-13-8-7-11-17(14(13)2)21-19(24)22-18(23)12-20-15(3)16-9-5-4-6-10-16/h4-11,15,20H,12H2,1-3H3,(H2,21,22,23,24)/p+1/t15-/m0/s1. The van der Waals surface area contributed by atoms with Gasteiger partial charge in [0.1, 0.15) is 6.04 Å². The first-order valence-electron chi connectivity index (χ1n) is 8.02. The summed E-state index contributed by atoms with van der Waals surface area (Å²) in [5.41, 5.74) is 3.93. The van der Waals surface area contributed by atoms with Crippen LogP contribution in [0.15, 0.2) is 48.5 Å². The second-order valence-electron chi connectivity index (χ2n) is 5.89. The van der Waals surface area contributed by atoms with Gasteiger partial charge >= 0.3 is 6.03 Å². The minimum absolute atomic E-state index is 0.152. The number of aryl methyl sites for hydroxylation is 1. The molecule has 0 heterocycles. The number of imide groups is 1. The van der Waals surface area contributed by atoms with Gasteiger partial charge in [-0.3, -0.25) is 10.1 Å². The van der Waals surface area contributed by atoms with Gasteiger partial charge in [-0.25, -0.2) is 4.79 Å². The maximum absolute atomic E-state index is 11.9. The molecule has 126 valence electrons. The second kappa shape index (κ2) is 8.26. The fourth-order valence-electron chi connectivity index (χ4n) is 2.39. The van der Waals surface area contributed by atoms with Crippen molar-refractivity contribution in [3.05, 3.63) is 65.2 Å². The molecule has 0 saturated heterocycles. The molecule has 0 spiro atoms. The Morgan fingerprint density at radius 3 is 2.46 bits per heavy atom. The number of hydrogen-bond acceptors (Lipinski definition) is 2. The van der Waals surface area contributed by atoms with Gasteiger partial charge in [-0.05, 0) is 38.0 Å². The molecule has 24 heavy (non-hydrogen) atoms. The van der Waals surface area contributed by atoms with E-state index in [0.717, 1.165) is 16.7 Å². The summed E-state index contributed by atoms with van der Waals surface area (Å²) >= 11 is 0. The van der Waals surface area contributed by atoms with Gasteiger partial charge in [-0.15, -0.1) is 0 Å². The number of nitrogens with one attached hydrogen (secondary N) is 2. The number of amides is 3. The number of carbonyl (C=O) groups excluding carboxylic acids is 2. The number of rotatable bonds is 5. The molecule has 3 amide bonds. The van der Waals surface area contributed by atoms with Crippen LogP contribution in [0.4, 0.5) is 10.5 Å². The highest BCUT2D eigenvalue weighted by atomic mass is 16.2. The lowest BCUT2D eigenvalue weighted by atomic mass is 10.1. The van der Waals surface area contributed by atoms with Crippen molar-refractivity contribution in [2.45, 2.75) is 26.8 Å². The molecule has 0 bridgehead atoms. The van der Waals surface area contributed by atoms with Crippen LogP contribution < -0.4 is 16.0 Å². The van der Waals surface area contributed by atoms with E-state index in [0.29, 0.717) is 5.69 Å². The molecular formula is C19H24N3O2+. The van der Waals surface area contributed by atoms with Crippen LogP contribution in [0, 0.1) is 13.8 Å².